The Labute approximate surface area is 107 Å². The highest BCUT2D eigenvalue weighted by molar-refractivity contribution is 9.10. The van der Waals surface area contributed by atoms with Crippen LogP contribution in [0.3, 0.4) is 0 Å². The minimum Gasteiger partial charge on any atom is -0.478 e. The molecule has 1 aromatic carbocycles. The number of carboxylic acids is 1. The maximum atomic E-state index is 13.8. The molecule has 1 aliphatic carbocycles. The summed E-state index contributed by atoms with van der Waals surface area (Å²) in [5.41, 5.74) is 0.297. The molecule has 0 atom stereocenters. The number of carboxylic acid groups (broad SMARTS) is 1. The maximum absolute atomic E-state index is 13.8. The molecule has 0 aliphatic heterocycles. The topological polar surface area (TPSA) is 49.3 Å². The molecule has 0 bridgehead atoms. The predicted octanol–water partition coefficient (Wildman–Crippen LogP) is 3.50. The fourth-order valence-corrected chi connectivity index (χ4v) is 2.32. The molecule has 1 aliphatic rings. The van der Waals surface area contributed by atoms with Crippen LogP contribution in [0, 0.1) is 11.7 Å². The summed E-state index contributed by atoms with van der Waals surface area (Å²) in [6.07, 6.45) is 3.61. The van der Waals surface area contributed by atoms with Gasteiger partial charge >= 0.3 is 5.97 Å². The molecule has 0 radical (unpaired) electrons. The van der Waals surface area contributed by atoms with Crippen molar-refractivity contribution in [1.82, 2.24) is 0 Å². The van der Waals surface area contributed by atoms with E-state index in [-0.39, 0.29) is 10.0 Å². The molecule has 3 nitrogen and oxygen atoms in total. The maximum Gasteiger partial charge on any atom is 0.336 e. The van der Waals surface area contributed by atoms with Crippen molar-refractivity contribution in [2.45, 2.75) is 19.3 Å². The van der Waals surface area contributed by atoms with E-state index in [4.69, 9.17) is 5.11 Å². The van der Waals surface area contributed by atoms with Crippen LogP contribution in [-0.4, -0.2) is 17.6 Å². The monoisotopic (exact) mass is 301 g/mol. The number of hydrogen-bond donors (Lipinski definition) is 2. The largest absolute Gasteiger partial charge is 0.478 e. The first-order valence-corrected chi connectivity index (χ1v) is 6.34. The minimum absolute atomic E-state index is 0.00334. The average molecular weight is 302 g/mol. The van der Waals surface area contributed by atoms with Gasteiger partial charge < -0.3 is 10.4 Å². The molecule has 92 valence electrons. The summed E-state index contributed by atoms with van der Waals surface area (Å²) in [6.45, 7) is 0.746. The van der Waals surface area contributed by atoms with E-state index in [2.05, 4.69) is 21.2 Å². The van der Waals surface area contributed by atoms with Gasteiger partial charge in [-0.05, 0) is 46.8 Å². The zero-order valence-electron chi connectivity index (χ0n) is 9.17. The molecule has 5 heteroatoms. The summed E-state index contributed by atoms with van der Waals surface area (Å²) in [6, 6.07) is 2.88. The van der Waals surface area contributed by atoms with E-state index in [1.165, 1.54) is 31.4 Å². The molecule has 1 saturated carbocycles. The average Bonchev–Trinajstić information content (AvgIpc) is 2.21. The Bertz CT molecular complexity index is 446. The summed E-state index contributed by atoms with van der Waals surface area (Å²) in [5, 5.41) is 11.9. The number of halogens is 2. The van der Waals surface area contributed by atoms with Crippen LogP contribution < -0.4 is 5.32 Å². The van der Waals surface area contributed by atoms with Gasteiger partial charge in [-0.3, -0.25) is 0 Å². The zero-order valence-corrected chi connectivity index (χ0v) is 10.8. The lowest BCUT2D eigenvalue weighted by Crippen LogP contribution is -2.21. The van der Waals surface area contributed by atoms with Gasteiger partial charge in [0, 0.05) is 6.54 Å². The molecule has 0 heterocycles. The highest BCUT2D eigenvalue weighted by Crippen LogP contribution is 2.30. The van der Waals surface area contributed by atoms with Crippen LogP contribution in [0.25, 0.3) is 0 Å². The number of aromatic carboxylic acids is 1. The highest BCUT2D eigenvalue weighted by Gasteiger charge is 2.19. The minimum atomic E-state index is -1.14. The lowest BCUT2D eigenvalue weighted by Gasteiger charge is -2.26. The van der Waals surface area contributed by atoms with Gasteiger partial charge in [0.15, 0.2) is 5.82 Å². The summed E-state index contributed by atoms with van der Waals surface area (Å²) in [4.78, 5) is 10.8. The van der Waals surface area contributed by atoms with Crippen LogP contribution in [0.15, 0.2) is 16.6 Å². The normalized spacial score (nSPS) is 15.4. The quantitative estimate of drug-likeness (QED) is 0.895. The van der Waals surface area contributed by atoms with E-state index in [0.29, 0.717) is 11.6 Å². The second-order valence-electron chi connectivity index (χ2n) is 4.27. The Balaban J connectivity index is 2.12. The Morgan fingerprint density at radius 2 is 2.24 bits per heavy atom. The second kappa shape index (κ2) is 5.04. The fourth-order valence-electron chi connectivity index (χ4n) is 1.80. The first kappa shape index (κ1) is 12.4. The van der Waals surface area contributed by atoms with E-state index in [1.807, 2.05) is 0 Å². The van der Waals surface area contributed by atoms with Crippen molar-refractivity contribution in [1.29, 1.82) is 0 Å². The standard InChI is InChI=1S/C12H13BrFNO2/c13-10-8(12(16)17)4-5-9(11(10)14)15-6-7-2-1-3-7/h4-5,7,15H,1-3,6H2,(H,16,17). The molecular weight excluding hydrogens is 289 g/mol. The van der Waals surface area contributed by atoms with Gasteiger partial charge in [0.2, 0.25) is 0 Å². The summed E-state index contributed by atoms with van der Waals surface area (Å²) < 4.78 is 13.8. The first-order valence-electron chi connectivity index (χ1n) is 5.54. The van der Waals surface area contributed by atoms with Crippen LogP contribution in [0.1, 0.15) is 29.6 Å². The molecule has 2 rings (SSSR count). The second-order valence-corrected chi connectivity index (χ2v) is 5.06. The van der Waals surface area contributed by atoms with Crippen LogP contribution >= 0.6 is 15.9 Å². The summed E-state index contributed by atoms with van der Waals surface area (Å²) >= 11 is 2.97. The SMILES string of the molecule is O=C(O)c1ccc(NCC2CCC2)c(F)c1Br. The van der Waals surface area contributed by atoms with Gasteiger partial charge in [0.05, 0.1) is 15.7 Å². The molecule has 0 unspecified atom stereocenters. The third-order valence-corrected chi connectivity index (χ3v) is 3.89. The third-order valence-electron chi connectivity index (χ3n) is 3.12. The Hall–Kier alpha value is -1.10. The van der Waals surface area contributed by atoms with Crippen molar-refractivity contribution < 1.29 is 14.3 Å². The van der Waals surface area contributed by atoms with Crippen molar-refractivity contribution in [3.05, 3.63) is 28.0 Å². The van der Waals surface area contributed by atoms with Gasteiger partial charge in [-0.25, -0.2) is 9.18 Å². The van der Waals surface area contributed by atoms with E-state index < -0.39 is 11.8 Å². The summed E-state index contributed by atoms with van der Waals surface area (Å²) in [7, 11) is 0. The number of hydrogen-bond acceptors (Lipinski definition) is 2. The molecule has 1 aromatic rings. The van der Waals surface area contributed by atoms with Crippen LogP contribution in [0.5, 0.6) is 0 Å². The highest BCUT2D eigenvalue weighted by atomic mass is 79.9. The number of nitrogens with one attached hydrogen (secondary N) is 1. The van der Waals surface area contributed by atoms with Crippen LogP contribution in [0.2, 0.25) is 0 Å². The van der Waals surface area contributed by atoms with Gasteiger partial charge in [0.1, 0.15) is 0 Å². The van der Waals surface area contributed by atoms with Crippen LogP contribution in [-0.2, 0) is 0 Å². The van der Waals surface area contributed by atoms with Crippen LogP contribution in [0.4, 0.5) is 10.1 Å². The van der Waals surface area contributed by atoms with Gasteiger partial charge in [-0.1, -0.05) is 6.42 Å². The molecule has 0 saturated heterocycles. The third kappa shape index (κ3) is 2.60. The molecule has 0 amide bonds. The van der Waals surface area contributed by atoms with Gasteiger partial charge in [0.25, 0.3) is 0 Å². The number of benzene rings is 1. The van der Waals surface area contributed by atoms with E-state index >= 15 is 0 Å². The molecule has 0 aromatic heterocycles. The van der Waals surface area contributed by atoms with E-state index in [9.17, 15) is 9.18 Å². The van der Waals surface area contributed by atoms with Gasteiger partial charge in [-0.15, -0.1) is 0 Å². The van der Waals surface area contributed by atoms with Crippen molar-refractivity contribution >= 4 is 27.6 Å². The van der Waals surface area contributed by atoms with E-state index in [0.717, 1.165) is 6.54 Å². The van der Waals surface area contributed by atoms with Crippen molar-refractivity contribution in [2.24, 2.45) is 5.92 Å². The molecule has 0 spiro atoms. The lowest BCUT2D eigenvalue weighted by molar-refractivity contribution is 0.0695. The van der Waals surface area contributed by atoms with Crippen molar-refractivity contribution in [3.8, 4) is 0 Å². The Morgan fingerprint density at radius 3 is 2.76 bits per heavy atom. The molecular formula is C12H13BrFNO2. The predicted molar refractivity (Wildman–Crippen MR) is 66.9 cm³/mol. The fraction of sp³-hybridized carbons (Fsp3) is 0.417. The molecule has 2 N–H and O–H groups in total. The number of carbonyl (C=O) groups is 1. The number of rotatable bonds is 4. The number of anilines is 1. The zero-order chi connectivity index (χ0) is 12.4. The van der Waals surface area contributed by atoms with Crippen molar-refractivity contribution in [2.75, 3.05) is 11.9 Å². The molecule has 1 fully saturated rings. The lowest BCUT2D eigenvalue weighted by atomic mass is 9.85. The van der Waals surface area contributed by atoms with E-state index in [1.54, 1.807) is 0 Å². The van der Waals surface area contributed by atoms with Crippen molar-refractivity contribution in [3.63, 3.8) is 0 Å². The Morgan fingerprint density at radius 1 is 1.53 bits per heavy atom. The molecule has 17 heavy (non-hydrogen) atoms. The summed E-state index contributed by atoms with van der Waals surface area (Å²) in [5.74, 6) is -1.06. The first-order chi connectivity index (χ1) is 8.09. The Kier molecular flexibility index (Phi) is 3.66. The smallest absolute Gasteiger partial charge is 0.336 e. The van der Waals surface area contributed by atoms with Gasteiger partial charge in [-0.2, -0.15) is 0 Å².